The molecule has 0 aliphatic rings. The van der Waals surface area contributed by atoms with Gasteiger partial charge < -0.3 is 15.4 Å². The van der Waals surface area contributed by atoms with Crippen molar-refractivity contribution in [2.75, 3.05) is 11.9 Å². The van der Waals surface area contributed by atoms with E-state index in [-0.39, 0.29) is 5.91 Å². The topological polar surface area (TPSA) is 63.2 Å². The number of amides is 1. The molecule has 3 aromatic rings. The van der Waals surface area contributed by atoms with Gasteiger partial charge in [-0.05, 0) is 38.5 Å². The lowest BCUT2D eigenvalue weighted by molar-refractivity contribution is 0.0946. The Morgan fingerprint density at radius 2 is 2.00 bits per heavy atom. The fraction of sp³-hybridized carbons (Fsp3) is 0.238. The van der Waals surface area contributed by atoms with Crippen molar-refractivity contribution in [3.8, 4) is 5.75 Å². The number of carbonyl (C=O) groups excluding carboxylic acids is 1. The Morgan fingerprint density at radius 3 is 2.78 bits per heavy atom. The zero-order chi connectivity index (χ0) is 19.2. The average Bonchev–Trinajstić information content (AvgIpc) is 3.12. The molecule has 0 saturated carbocycles. The molecule has 1 amide bonds. The standard InChI is InChI=1S/C21H23N3O2S/c1-4-26-19-8-6-5-7-16(19)12-22-20(25)18-13-27-21(24-18)23-17-10-9-14(2)11-15(17)3/h5-11,13H,4,12H2,1-3H3,(H,22,25)(H,23,24). The maximum Gasteiger partial charge on any atom is 0.271 e. The molecule has 2 aromatic carbocycles. The van der Waals surface area contributed by atoms with Gasteiger partial charge in [0.25, 0.3) is 5.91 Å². The fourth-order valence-electron chi connectivity index (χ4n) is 2.72. The summed E-state index contributed by atoms with van der Waals surface area (Å²) in [4.78, 5) is 16.8. The molecule has 3 rings (SSSR count). The third-order valence-electron chi connectivity index (χ3n) is 4.07. The smallest absolute Gasteiger partial charge is 0.271 e. The quantitative estimate of drug-likeness (QED) is 0.615. The second-order valence-corrected chi connectivity index (χ2v) is 7.06. The SMILES string of the molecule is CCOc1ccccc1CNC(=O)c1csc(Nc2ccc(C)cc2C)n1. The second kappa shape index (κ2) is 8.68. The van der Waals surface area contributed by atoms with Gasteiger partial charge in [0.1, 0.15) is 11.4 Å². The molecule has 0 bridgehead atoms. The molecule has 1 aromatic heterocycles. The van der Waals surface area contributed by atoms with Gasteiger partial charge in [-0.15, -0.1) is 11.3 Å². The van der Waals surface area contributed by atoms with E-state index in [4.69, 9.17) is 4.74 Å². The van der Waals surface area contributed by atoms with Crippen molar-refractivity contribution in [1.82, 2.24) is 10.3 Å². The van der Waals surface area contributed by atoms with Gasteiger partial charge in [-0.2, -0.15) is 0 Å². The van der Waals surface area contributed by atoms with Crippen LogP contribution in [0.4, 0.5) is 10.8 Å². The third kappa shape index (κ3) is 4.86. The van der Waals surface area contributed by atoms with Gasteiger partial charge in [0, 0.05) is 23.2 Å². The second-order valence-electron chi connectivity index (χ2n) is 6.20. The Morgan fingerprint density at radius 1 is 1.19 bits per heavy atom. The maximum atomic E-state index is 12.4. The van der Waals surface area contributed by atoms with Crippen LogP contribution in [0.3, 0.4) is 0 Å². The summed E-state index contributed by atoms with van der Waals surface area (Å²) in [5.74, 6) is 0.585. The summed E-state index contributed by atoms with van der Waals surface area (Å²) in [6.45, 7) is 7.03. The summed E-state index contributed by atoms with van der Waals surface area (Å²) < 4.78 is 5.59. The molecule has 5 nitrogen and oxygen atoms in total. The summed E-state index contributed by atoms with van der Waals surface area (Å²) in [6, 6.07) is 13.9. The van der Waals surface area contributed by atoms with Gasteiger partial charge in [-0.1, -0.05) is 35.9 Å². The number of anilines is 2. The highest BCUT2D eigenvalue weighted by Gasteiger charge is 2.12. The van der Waals surface area contributed by atoms with Crippen LogP contribution in [-0.4, -0.2) is 17.5 Å². The number of ether oxygens (including phenoxy) is 1. The zero-order valence-corrected chi connectivity index (χ0v) is 16.5. The minimum absolute atomic E-state index is 0.203. The van der Waals surface area contributed by atoms with Gasteiger partial charge in [-0.3, -0.25) is 4.79 Å². The number of para-hydroxylation sites is 1. The van der Waals surface area contributed by atoms with Crippen molar-refractivity contribution in [2.24, 2.45) is 0 Å². The first-order valence-electron chi connectivity index (χ1n) is 8.85. The molecule has 0 spiro atoms. The molecule has 140 valence electrons. The Bertz CT molecular complexity index is 937. The minimum Gasteiger partial charge on any atom is -0.494 e. The van der Waals surface area contributed by atoms with E-state index in [0.29, 0.717) is 24.0 Å². The first-order chi connectivity index (χ1) is 13.1. The lowest BCUT2D eigenvalue weighted by Gasteiger charge is -2.10. The van der Waals surface area contributed by atoms with E-state index in [1.165, 1.54) is 16.9 Å². The van der Waals surface area contributed by atoms with Gasteiger partial charge in [0.15, 0.2) is 5.13 Å². The van der Waals surface area contributed by atoms with Gasteiger partial charge in [-0.25, -0.2) is 4.98 Å². The van der Waals surface area contributed by atoms with Crippen LogP contribution in [0.15, 0.2) is 47.8 Å². The van der Waals surface area contributed by atoms with E-state index >= 15 is 0 Å². The molecule has 27 heavy (non-hydrogen) atoms. The number of hydrogen-bond donors (Lipinski definition) is 2. The van der Waals surface area contributed by atoms with E-state index in [9.17, 15) is 4.79 Å². The van der Waals surface area contributed by atoms with E-state index < -0.39 is 0 Å². The summed E-state index contributed by atoms with van der Waals surface area (Å²) >= 11 is 1.41. The molecular formula is C21H23N3O2S. The van der Waals surface area contributed by atoms with Crippen LogP contribution in [0.1, 0.15) is 34.1 Å². The highest BCUT2D eigenvalue weighted by Crippen LogP contribution is 2.24. The summed E-state index contributed by atoms with van der Waals surface area (Å²) in [6.07, 6.45) is 0. The van der Waals surface area contributed by atoms with Crippen molar-refractivity contribution in [3.05, 3.63) is 70.2 Å². The average molecular weight is 382 g/mol. The fourth-order valence-corrected chi connectivity index (χ4v) is 3.42. The monoisotopic (exact) mass is 381 g/mol. The Balaban J connectivity index is 1.63. The number of carbonyl (C=O) groups is 1. The van der Waals surface area contributed by atoms with Crippen LogP contribution in [0.2, 0.25) is 0 Å². The predicted octanol–water partition coefficient (Wildman–Crippen LogP) is 4.83. The van der Waals surface area contributed by atoms with Crippen molar-refractivity contribution in [1.29, 1.82) is 0 Å². The number of benzene rings is 2. The first kappa shape index (κ1) is 18.9. The van der Waals surface area contributed by atoms with E-state index in [0.717, 1.165) is 22.6 Å². The third-order valence-corrected chi connectivity index (χ3v) is 4.83. The lowest BCUT2D eigenvalue weighted by atomic mass is 10.1. The van der Waals surface area contributed by atoms with Crippen LogP contribution >= 0.6 is 11.3 Å². The van der Waals surface area contributed by atoms with Crippen LogP contribution in [0, 0.1) is 13.8 Å². The van der Waals surface area contributed by atoms with Crippen molar-refractivity contribution in [3.63, 3.8) is 0 Å². The van der Waals surface area contributed by atoms with E-state index in [2.05, 4.69) is 28.6 Å². The number of rotatable bonds is 7. The number of thiazole rings is 1. The molecule has 0 fully saturated rings. The summed E-state index contributed by atoms with van der Waals surface area (Å²) in [5.41, 5.74) is 4.69. The molecular weight excluding hydrogens is 358 g/mol. The molecule has 0 atom stereocenters. The van der Waals surface area contributed by atoms with Crippen molar-refractivity contribution in [2.45, 2.75) is 27.3 Å². The molecule has 0 aliphatic heterocycles. The Labute approximate surface area is 163 Å². The molecule has 0 saturated heterocycles. The summed E-state index contributed by atoms with van der Waals surface area (Å²) in [7, 11) is 0. The van der Waals surface area contributed by atoms with E-state index in [1.807, 2.05) is 50.2 Å². The molecule has 0 unspecified atom stereocenters. The van der Waals surface area contributed by atoms with E-state index in [1.54, 1.807) is 5.38 Å². The van der Waals surface area contributed by atoms with Gasteiger partial charge in [0.2, 0.25) is 0 Å². The molecule has 6 heteroatoms. The number of aromatic nitrogens is 1. The number of nitrogens with one attached hydrogen (secondary N) is 2. The molecule has 1 heterocycles. The van der Waals surface area contributed by atoms with Gasteiger partial charge >= 0.3 is 0 Å². The minimum atomic E-state index is -0.203. The first-order valence-corrected chi connectivity index (χ1v) is 9.73. The number of nitrogens with zero attached hydrogens (tertiary/aromatic N) is 1. The normalized spacial score (nSPS) is 10.5. The van der Waals surface area contributed by atoms with Crippen LogP contribution in [-0.2, 0) is 6.54 Å². The molecule has 0 radical (unpaired) electrons. The lowest BCUT2D eigenvalue weighted by Crippen LogP contribution is -2.23. The van der Waals surface area contributed by atoms with Crippen LogP contribution < -0.4 is 15.4 Å². The van der Waals surface area contributed by atoms with Crippen LogP contribution in [0.25, 0.3) is 0 Å². The highest BCUT2D eigenvalue weighted by molar-refractivity contribution is 7.14. The largest absolute Gasteiger partial charge is 0.494 e. The summed E-state index contributed by atoms with van der Waals surface area (Å²) in [5, 5.41) is 8.64. The Kier molecular flexibility index (Phi) is 6.08. The highest BCUT2D eigenvalue weighted by atomic mass is 32.1. The maximum absolute atomic E-state index is 12.4. The number of hydrogen-bond acceptors (Lipinski definition) is 5. The predicted molar refractivity (Wildman–Crippen MR) is 110 cm³/mol. The van der Waals surface area contributed by atoms with Gasteiger partial charge in [0.05, 0.1) is 6.61 Å². The van der Waals surface area contributed by atoms with Crippen molar-refractivity contribution >= 4 is 28.1 Å². The zero-order valence-electron chi connectivity index (χ0n) is 15.7. The van der Waals surface area contributed by atoms with Crippen molar-refractivity contribution < 1.29 is 9.53 Å². The number of aryl methyl sites for hydroxylation is 2. The molecule has 0 aliphatic carbocycles. The Hall–Kier alpha value is -2.86. The van der Waals surface area contributed by atoms with Crippen LogP contribution in [0.5, 0.6) is 5.75 Å². The molecule has 2 N–H and O–H groups in total.